The second kappa shape index (κ2) is 10.7. The highest BCUT2D eigenvalue weighted by molar-refractivity contribution is 5.79. The molecule has 0 spiro atoms. The fraction of sp³-hybridized carbons (Fsp3) is 0.296. The van der Waals surface area contributed by atoms with Gasteiger partial charge in [0, 0.05) is 48.0 Å². The van der Waals surface area contributed by atoms with E-state index < -0.39 is 5.82 Å². The summed E-state index contributed by atoms with van der Waals surface area (Å²) in [6, 6.07) is 10.1. The number of aromatic nitrogens is 3. The number of fused-ring (bicyclic) bond motifs is 2. The summed E-state index contributed by atoms with van der Waals surface area (Å²) in [5.41, 5.74) is 3.54. The van der Waals surface area contributed by atoms with E-state index in [0.29, 0.717) is 53.6 Å². The van der Waals surface area contributed by atoms with Crippen molar-refractivity contribution < 1.29 is 13.5 Å². The Morgan fingerprint density at radius 2 is 1.94 bits per heavy atom. The number of benzene rings is 2. The Morgan fingerprint density at radius 1 is 1.14 bits per heavy atom. The minimum Gasteiger partial charge on any atom is -0.493 e. The molecular weight excluding hydrogens is 462 g/mol. The van der Waals surface area contributed by atoms with Gasteiger partial charge in [-0.05, 0) is 37.9 Å². The van der Waals surface area contributed by atoms with Crippen LogP contribution in [-0.2, 0) is 19.5 Å². The van der Waals surface area contributed by atoms with Crippen molar-refractivity contribution in [2.24, 2.45) is 0 Å². The second-order valence-corrected chi connectivity index (χ2v) is 8.43. The van der Waals surface area contributed by atoms with Gasteiger partial charge in [-0.3, -0.25) is 4.40 Å². The molecule has 0 aliphatic carbocycles. The quantitative estimate of drug-likeness (QED) is 0.401. The largest absolute Gasteiger partial charge is 0.493 e. The Kier molecular flexibility index (Phi) is 7.46. The maximum Gasteiger partial charge on any atom is 0.208 e. The van der Waals surface area contributed by atoms with Crippen LogP contribution in [0.4, 0.5) is 14.7 Å². The molecule has 0 radical (unpaired) electrons. The summed E-state index contributed by atoms with van der Waals surface area (Å²) < 4.78 is 36.7. The normalized spacial score (nSPS) is 12.1. The third-order valence-corrected chi connectivity index (χ3v) is 5.79. The average molecular weight is 491 g/mol. The summed E-state index contributed by atoms with van der Waals surface area (Å²) >= 11 is 0. The summed E-state index contributed by atoms with van der Waals surface area (Å²) in [5.74, 6) is 0.336. The smallest absolute Gasteiger partial charge is 0.208 e. The van der Waals surface area contributed by atoms with E-state index in [1.807, 2.05) is 45.0 Å². The first kappa shape index (κ1) is 25.1. The molecule has 0 saturated heterocycles. The SMILES string of the molecule is CC.CN(C)Cc1ccc(-c2cnc(NCc3c(F)ccc4c3CCO4)n3cc(C#N)nc23)c(F)c1. The topological polar surface area (TPSA) is 78.5 Å². The highest BCUT2D eigenvalue weighted by Crippen LogP contribution is 2.32. The van der Waals surface area contributed by atoms with Crippen molar-refractivity contribution in [1.82, 2.24) is 19.3 Å². The second-order valence-electron chi connectivity index (χ2n) is 8.43. The van der Waals surface area contributed by atoms with Crippen LogP contribution in [0.1, 0.15) is 36.2 Å². The zero-order valence-corrected chi connectivity index (χ0v) is 20.8. The summed E-state index contributed by atoms with van der Waals surface area (Å²) in [6.45, 7) is 5.31. The Bertz CT molecular complexity index is 1440. The van der Waals surface area contributed by atoms with Gasteiger partial charge in [0.1, 0.15) is 23.5 Å². The van der Waals surface area contributed by atoms with Crippen molar-refractivity contribution in [2.45, 2.75) is 33.4 Å². The van der Waals surface area contributed by atoms with Crippen LogP contribution in [0.3, 0.4) is 0 Å². The Morgan fingerprint density at radius 3 is 2.67 bits per heavy atom. The molecular formula is C27H28F2N6O. The van der Waals surface area contributed by atoms with E-state index in [2.05, 4.69) is 15.3 Å². The lowest BCUT2D eigenvalue weighted by Gasteiger charge is -2.14. The van der Waals surface area contributed by atoms with E-state index in [9.17, 15) is 9.65 Å². The van der Waals surface area contributed by atoms with Gasteiger partial charge >= 0.3 is 0 Å². The van der Waals surface area contributed by atoms with E-state index in [-0.39, 0.29) is 18.1 Å². The van der Waals surface area contributed by atoms with Crippen LogP contribution in [0.5, 0.6) is 5.75 Å². The lowest BCUT2D eigenvalue weighted by molar-refractivity contribution is 0.356. The molecule has 9 heteroatoms. The molecule has 3 heterocycles. The van der Waals surface area contributed by atoms with Gasteiger partial charge in [-0.1, -0.05) is 26.0 Å². The van der Waals surface area contributed by atoms with E-state index in [1.165, 1.54) is 24.5 Å². The number of nitriles is 1. The number of hydrogen-bond donors (Lipinski definition) is 1. The van der Waals surface area contributed by atoms with Crippen LogP contribution in [0.2, 0.25) is 0 Å². The molecule has 0 saturated carbocycles. The first-order valence-electron chi connectivity index (χ1n) is 11.8. The van der Waals surface area contributed by atoms with Crippen molar-refractivity contribution in [1.29, 1.82) is 5.26 Å². The molecule has 0 amide bonds. The van der Waals surface area contributed by atoms with Crippen LogP contribution >= 0.6 is 0 Å². The van der Waals surface area contributed by atoms with Gasteiger partial charge in [-0.25, -0.2) is 18.7 Å². The zero-order chi connectivity index (χ0) is 25.8. The lowest BCUT2D eigenvalue weighted by Crippen LogP contribution is -2.11. The molecule has 4 aromatic rings. The van der Waals surface area contributed by atoms with Gasteiger partial charge in [0.15, 0.2) is 11.3 Å². The number of halogens is 2. The molecule has 7 nitrogen and oxygen atoms in total. The maximum atomic E-state index is 15.0. The molecule has 1 aliphatic heterocycles. The van der Waals surface area contributed by atoms with Crippen molar-refractivity contribution >= 4 is 11.6 Å². The number of hydrogen-bond acceptors (Lipinski definition) is 6. The van der Waals surface area contributed by atoms with E-state index in [0.717, 1.165) is 11.1 Å². The monoisotopic (exact) mass is 490 g/mol. The maximum absolute atomic E-state index is 15.0. The molecule has 0 atom stereocenters. The van der Waals surface area contributed by atoms with E-state index in [1.54, 1.807) is 16.5 Å². The highest BCUT2D eigenvalue weighted by atomic mass is 19.1. The molecule has 2 aromatic heterocycles. The molecule has 0 unspecified atom stereocenters. The molecule has 2 aromatic carbocycles. The first-order valence-corrected chi connectivity index (χ1v) is 11.8. The van der Waals surface area contributed by atoms with Crippen LogP contribution in [-0.4, -0.2) is 40.0 Å². The van der Waals surface area contributed by atoms with Gasteiger partial charge in [-0.2, -0.15) is 5.26 Å². The number of rotatable bonds is 6. The van der Waals surface area contributed by atoms with Crippen molar-refractivity contribution in [3.05, 3.63) is 76.7 Å². The number of anilines is 1. The predicted molar refractivity (Wildman–Crippen MR) is 135 cm³/mol. The van der Waals surface area contributed by atoms with Crippen molar-refractivity contribution in [3.8, 4) is 22.9 Å². The van der Waals surface area contributed by atoms with Gasteiger partial charge in [-0.15, -0.1) is 0 Å². The number of nitrogens with zero attached hydrogens (tertiary/aromatic N) is 5. The van der Waals surface area contributed by atoms with Crippen molar-refractivity contribution in [3.63, 3.8) is 0 Å². The first-order chi connectivity index (χ1) is 17.4. The van der Waals surface area contributed by atoms with Crippen LogP contribution in [0.15, 0.2) is 42.7 Å². The van der Waals surface area contributed by atoms with Crippen LogP contribution in [0.25, 0.3) is 16.8 Å². The Labute approximate surface area is 209 Å². The minimum absolute atomic E-state index is 0.169. The van der Waals surface area contributed by atoms with Gasteiger partial charge in [0.05, 0.1) is 12.8 Å². The summed E-state index contributed by atoms with van der Waals surface area (Å²) in [6.07, 6.45) is 3.69. The van der Waals surface area contributed by atoms with E-state index in [4.69, 9.17) is 4.74 Å². The summed E-state index contributed by atoms with van der Waals surface area (Å²) in [5, 5.41) is 12.6. The number of imidazole rings is 1. The number of ether oxygens (including phenoxy) is 1. The zero-order valence-electron chi connectivity index (χ0n) is 20.8. The summed E-state index contributed by atoms with van der Waals surface area (Å²) in [4.78, 5) is 10.8. The predicted octanol–water partition coefficient (Wildman–Crippen LogP) is 5.18. The van der Waals surface area contributed by atoms with Crippen LogP contribution < -0.4 is 10.1 Å². The van der Waals surface area contributed by atoms with Gasteiger partial charge in [0.2, 0.25) is 5.95 Å². The molecule has 0 fully saturated rings. The molecule has 36 heavy (non-hydrogen) atoms. The third-order valence-electron chi connectivity index (χ3n) is 5.79. The summed E-state index contributed by atoms with van der Waals surface area (Å²) in [7, 11) is 3.84. The average Bonchev–Trinajstić information content (AvgIpc) is 3.52. The molecule has 1 N–H and O–H groups in total. The highest BCUT2D eigenvalue weighted by Gasteiger charge is 2.21. The molecule has 1 aliphatic rings. The minimum atomic E-state index is -0.396. The molecule has 0 bridgehead atoms. The fourth-order valence-corrected chi connectivity index (χ4v) is 4.27. The van der Waals surface area contributed by atoms with Gasteiger partial charge < -0.3 is 15.0 Å². The number of nitrogens with one attached hydrogen (secondary N) is 1. The van der Waals surface area contributed by atoms with E-state index >= 15 is 4.39 Å². The molecule has 186 valence electrons. The standard InChI is InChI=1S/C25H22F2N6O.C2H6/c1-32(2)13-15-3-4-17(22(27)9-15)20-12-30-25(33-14-16(10-28)31-24(20)33)29-11-19-18-7-8-34-23(18)6-5-21(19)26;1-2/h3-6,9,12,14H,7-8,11,13H2,1-2H3,(H,29,30);1-2H3. The van der Waals surface area contributed by atoms with Gasteiger partial charge in [0.25, 0.3) is 0 Å². The van der Waals surface area contributed by atoms with Crippen LogP contribution in [0, 0.1) is 23.0 Å². The lowest BCUT2D eigenvalue weighted by atomic mass is 10.0. The Balaban J connectivity index is 0.00000148. The molecule has 5 rings (SSSR count). The third kappa shape index (κ3) is 4.86. The van der Waals surface area contributed by atoms with Crippen molar-refractivity contribution in [2.75, 3.05) is 26.0 Å². The Hall–Kier alpha value is -4.03. The fourth-order valence-electron chi connectivity index (χ4n) is 4.27.